The van der Waals surface area contributed by atoms with E-state index in [-0.39, 0.29) is 5.97 Å². The van der Waals surface area contributed by atoms with Crippen LogP contribution in [0.5, 0.6) is 5.75 Å². The van der Waals surface area contributed by atoms with Gasteiger partial charge in [-0.05, 0) is 54.3 Å². The highest BCUT2D eigenvalue weighted by molar-refractivity contribution is 5.91. The SMILES string of the molecule is CCCc1ccc(OC(=O)c2ccc(-c3ccc(CC)cn3)cc2)cc1. The van der Waals surface area contributed by atoms with Crippen molar-refractivity contribution < 1.29 is 9.53 Å². The van der Waals surface area contributed by atoms with E-state index in [1.807, 2.05) is 48.7 Å². The van der Waals surface area contributed by atoms with Crippen LogP contribution in [-0.4, -0.2) is 11.0 Å². The number of hydrogen-bond acceptors (Lipinski definition) is 3. The molecule has 0 radical (unpaired) electrons. The first-order valence-corrected chi connectivity index (χ1v) is 9.06. The van der Waals surface area contributed by atoms with Crippen LogP contribution in [0.3, 0.4) is 0 Å². The topological polar surface area (TPSA) is 39.2 Å². The first-order valence-electron chi connectivity index (χ1n) is 9.06. The van der Waals surface area contributed by atoms with Gasteiger partial charge in [0.2, 0.25) is 0 Å². The maximum atomic E-state index is 12.3. The lowest BCUT2D eigenvalue weighted by molar-refractivity contribution is 0.0735. The Hall–Kier alpha value is -2.94. The van der Waals surface area contributed by atoms with Crippen LogP contribution in [-0.2, 0) is 12.8 Å². The van der Waals surface area contributed by atoms with Gasteiger partial charge in [0.25, 0.3) is 0 Å². The van der Waals surface area contributed by atoms with Crippen molar-refractivity contribution in [2.24, 2.45) is 0 Å². The van der Waals surface area contributed by atoms with Gasteiger partial charge in [-0.2, -0.15) is 0 Å². The number of esters is 1. The lowest BCUT2D eigenvalue weighted by Gasteiger charge is -2.07. The van der Waals surface area contributed by atoms with E-state index in [9.17, 15) is 4.79 Å². The van der Waals surface area contributed by atoms with Crippen molar-refractivity contribution in [3.8, 4) is 17.0 Å². The highest BCUT2D eigenvalue weighted by atomic mass is 16.5. The second-order valence-corrected chi connectivity index (χ2v) is 6.27. The second kappa shape index (κ2) is 8.43. The summed E-state index contributed by atoms with van der Waals surface area (Å²) in [5.41, 5.74) is 4.86. The molecule has 0 spiro atoms. The number of pyridine rings is 1. The molecule has 3 rings (SSSR count). The molecule has 132 valence electrons. The molecule has 0 saturated carbocycles. The Morgan fingerprint density at radius 2 is 1.58 bits per heavy atom. The molecule has 1 heterocycles. The summed E-state index contributed by atoms with van der Waals surface area (Å²) >= 11 is 0. The van der Waals surface area contributed by atoms with Gasteiger partial charge in [-0.1, -0.05) is 50.6 Å². The minimum Gasteiger partial charge on any atom is -0.423 e. The van der Waals surface area contributed by atoms with Gasteiger partial charge >= 0.3 is 5.97 Å². The summed E-state index contributed by atoms with van der Waals surface area (Å²) in [4.78, 5) is 16.8. The third-order valence-corrected chi connectivity index (χ3v) is 4.32. The first kappa shape index (κ1) is 17.9. The van der Waals surface area contributed by atoms with Crippen molar-refractivity contribution in [2.75, 3.05) is 0 Å². The Balaban J connectivity index is 1.68. The fraction of sp³-hybridized carbons (Fsp3) is 0.217. The normalized spacial score (nSPS) is 10.5. The monoisotopic (exact) mass is 345 g/mol. The van der Waals surface area contributed by atoms with Crippen molar-refractivity contribution in [3.63, 3.8) is 0 Å². The highest BCUT2D eigenvalue weighted by Gasteiger charge is 2.09. The van der Waals surface area contributed by atoms with Gasteiger partial charge in [0.1, 0.15) is 5.75 Å². The quantitative estimate of drug-likeness (QED) is 0.438. The van der Waals surface area contributed by atoms with E-state index < -0.39 is 0 Å². The number of rotatable bonds is 6. The maximum absolute atomic E-state index is 12.3. The van der Waals surface area contributed by atoms with Crippen LogP contribution in [0.1, 0.15) is 41.8 Å². The van der Waals surface area contributed by atoms with Crippen LogP contribution in [0, 0.1) is 0 Å². The van der Waals surface area contributed by atoms with Gasteiger partial charge in [-0.15, -0.1) is 0 Å². The van der Waals surface area contributed by atoms with Crippen LogP contribution >= 0.6 is 0 Å². The molecule has 0 N–H and O–H groups in total. The van der Waals surface area contributed by atoms with Gasteiger partial charge in [-0.3, -0.25) is 4.98 Å². The molecule has 0 atom stereocenters. The molecule has 0 bridgehead atoms. The zero-order valence-corrected chi connectivity index (χ0v) is 15.2. The van der Waals surface area contributed by atoms with E-state index in [1.165, 1.54) is 11.1 Å². The van der Waals surface area contributed by atoms with Gasteiger partial charge in [0, 0.05) is 11.8 Å². The predicted molar refractivity (Wildman–Crippen MR) is 104 cm³/mol. The lowest BCUT2D eigenvalue weighted by atomic mass is 10.1. The van der Waals surface area contributed by atoms with Crippen LogP contribution < -0.4 is 4.74 Å². The first-order chi connectivity index (χ1) is 12.7. The van der Waals surface area contributed by atoms with E-state index in [1.54, 1.807) is 12.1 Å². The van der Waals surface area contributed by atoms with Gasteiger partial charge in [0.05, 0.1) is 11.3 Å². The van der Waals surface area contributed by atoms with Crippen molar-refractivity contribution in [3.05, 3.63) is 83.6 Å². The number of carbonyl (C=O) groups excluding carboxylic acids is 1. The Kier molecular flexibility index (Phi) is 5.80. The van der Waals surface area contributed by atoms with Crippen molar-refractivity contribution >= 4 is 5.97 Å². The molecule has 0 fully saturated rings. The molecular formula is C23H23NO2. The molecular weight excluding hydrogens is 322 g/mol. The average Bonchev–Trinajstić information content (AvgIpc) is 2.70. The molecule has 0 aliphatic carbocycles. The number of carbonyl (C=O) groups is 1. The number of aryl methyl sites for hydroxylation is 2. The zero-order valence-electron chi connectivity index (χ0n) is 15.2. The Morgan fingerprint density at radius 1 is 0.885 bits per heavy atom. The van der Waals surface area contributed by atoms with Gasteiger partial charge < -0.3 is 4.74 Å². The molecule has 0 amide bonds. The number of ether oxygens (including phenoxy) is 1. The summed E-state index contributed by atoms with van der Waals surface area (Å²) in [6.07, 6.45) is 4.99. The van der Waals surface area contributed by atoms with E-state index in [4.69, 9.17) is 4.74 Å². The largest absolute Gasteiger partial charge is 0.423 e. The van der Waals surface area contributed by atoms with E-state index in [0.29, 0.717) is 11.3 Å². The fourth-order valence-corrected chi connectivity index (χ4v) is 2.76. The third kappa shape index (κ3) is 4.37. The zero-order chi connectivity index (χ0) is 18.4. The summed E-state index contributed by atoms with van der Waals surface area (Å²) in [5, 5.41) is 0. The minimum atomic E-state index is -0.353. The fourth-order valence-electron chi connectivity index (χ4n) is 2.76. The summed E-state index contributed by atoms with van der Waals surface area (Å²) in [5.74, 6) is 0.213. The maximum Gasteiger partial charge on any atom is 0.343 e. The highest BCUT2D eigenvalue weighted by Crippen LogP contribution is 2.20. The summed E-state index contributed by atoms with van der Waals surface area (Å²) in [7, 11) is 0. The van der Waals surface area contributed by atoms with E-state index in [0.717, 1.165) is 30.5 Å². The van der Waals surface area contributed by atoms with Crippen molar-refractivity contribution in [1.29, 1.82) is 0 Å². The smallest absolute Gasteiger partial charge is 0.343 e. The molecule has 1 aromatic heterocycles. The molecule has 3 aromatic rings. The predicted octanol–water partition coefficient (Wildman–Crippen LogP) is 5.48. The summed E-state index contributed by atoms with van der Waals surface area (Å²) < 4.78 is 5.45. The molecule has 26 heavy (non-hydrogen) atoms. The number of aromatic nitrogens is 1. The van der Waals surface area contributed by atoms with Crippen LogP contribution in [0.4, 0.5) is 0 Å². The molecule has 0 unspecified atom stereocenters. The van der Waals surface area contributed by atoms with Crippen molar-refractivity contribution in [2.45, 2.75) is 33.1 Å². The van der Waals surface area contributed by atoms with Crippen LogP contribution in [0.2, 0.25) is 0 Å². The van der Waals surface area contributed by atoms with E-state index >= 15 is 0 Å². The van der Waals surface area contributed by atoms with Crippen LogP contribution in [0.25, 0.3) is 11.3 Å². The Bertz CT molecular complexity index is 850. The second-order valence-electron chi connectivity index (χ2n) is 6.27. The minimum absolute atomic E-state index is 0.353. The third-order valence-electron chi connectivity index (χ3n) is 4.32. The van der Waals surface area contributed by atoms with Gasteiger partial charge in [0.15, 0.2) is 0 Å². The average molecular weight is 345 g/mol. The molecule has 2 aromatic carbocycles. The van der Waals surface area contributed by atoms with Crippen molar-refractivity contribution in [1.82, 2.24) is 4.98 Å². The molecule has 0 aliphatic heterocycles. The molecule has 3 heteroatoms. The molecule has 0 aliphatic rings. The Labute approximate surface area is 154 Å². The standard InChI is InChI=1S/C23H23NO2/c1-3-5-18-6-13-21(14-7-18)26-23(25)20-11-9-19(10-12-20)22-15-8-17(4-2)16-24-22/h6-16H,3-5H2,1-2H3. The molecule has 0 saturated heterocycles. The molecule has 3 nitrogen and oxygen atoms in total. The number of nitrogens with zero attached hydrogens (tertiary/aromatic N) is 1. The summed E-state index contributed by atoms with van der Waals surface area (Å²) in [6, 6.07) is 19.1. The lowest BCUT2D eigenvalue weighted by Crippen LogP contribution is -2.08. The van der Waals surface area contributed by atoms with Gasteiger partial charge in [-0.25, -0.2) is 4.79 Å². The van der Waals surface area contributed by atoms with Crippen LogP contribution in [0.15, 0.2) is 66.9 Å². The number of hydrogen-bond donors (Lipinski definition) is 0. The van der Waals surface area contributed by atoms with E-state index in [2.05, 4.69) is 24.9 Å². The number of benzene rings is 2. The Morgan fingerprint density at radius 3 is 2.15 bits per heavy atom. The summed E-state index contributed by atoms with van der Waals surface area (Å²) in [6.45, 7) is 4.25.